The third-order valence-electron chi connectivity index (χ3n) is 3.13. The van der Waals surface area contributed by atoms with E-state index in [1.165, 1.54) is 16.4 Å². The molecule has 1 aliphatic rings. The van der Waals surface area contributed by atoms with E-state index in [4.69, 9.17) is 4.74 Å². The molecular formula is C13H18FNO3S. The molecule has 1 atom stereocenters. The van der Waals surface area contributed by atoms with Crippen molar-refractivity contribution < 1.29 is 17.5 Å². The normalized spacial score (nSPS) is 21.5. The van der Waals surface area contributed by atoms with Crippen molar-refractivity contribution in [3.63, 3.8) is 0 Å². The highest BCUT2D eigenvalue weighted by molar-refractivity contribution is 7.89. The molecule has 1 aromatic rings. The first-order valence-electron chi connectivity index (χ1n) is 6.38. The molecule has 1 unspecified atom stereocenters. The number of benzene rings is 1. The highest BCUT2D eigenvalue weighted by Gasteiger charge is 2.29. The van der Waals surface area contributed by atoms with Crippen LogP contribution in [0.3, 0.4) is 0 Å². The van der Waals surface area contributed by atoms with Gasteiger partial charge in [-0.15, -0.1) is 0 Å². The van der Waals surface area contributed by atoms with E-state index in [-0.39, 0.29) is 17.7 Å². The van der Waals surface area contributed by atoms with Crippen molar-refractivity contribution in [2.75, 3.05) is 25.4 Å². The quantitative estimate of drug-likeness (QED) is 0.850. The smallest absolute Gasteiger partial charge is 0.214 e. The number of sulfonamides is 1. The van der Waals surface area contributed by atoms with Gasteiger partial charge in [0.2, 0.25) is 10.0 Å². The summed E-state index contributed by atoms with van der Waals surface area (Å²) < 4.78 is 44.0. The SMILES string of the molecule is CCCS(=O)(=O)N1CCOC(c2ccc(F)cc2)C1. The van der Waals surface area contributed by atoms with Crippen LogP contribution in [0.25, 0.3) is 0 Å². The van der Waals surface area contributed by atoms with Crippen molar-refractivity contribution in [2.45, 2.75) is 19.4 Å². The Kier molecular flexibility index (Phi) is 4.54. The number of hydrogen-bond donors (Lipinski definition) is 0. The fraction of sp³-hybridized carbons (Fsp3) is 0.538. The van der Waals surface area contributed by atoms with Crippen LogP contribution >= 0.6 is 0 Å². The maximum atomic E-state index is 12.9. The summed E-state index contributed by atoms with van der Waals surface area (Å²) in [7, 11) is -3.20. The van der Waals surface area contributed by atoms with Crippen LogP contribution in [0.1, 0.15) is 25.0 Å². The lowest BCUT2D eigenvalue weighted by Gasteiger charge is -2.32. The lowest BCUT2D eigenvalue weighted by molar-refractivity contribution is -0.00257. The molecule has 0 aliphatic carbocycles. The molecule has 6 heteroatoms. The largest absolute Gasteiger partial charge is 0.371 e. The highest BCUT2D eigenvalue weighted by atomic mass is 32.2. The minimum absolute atomic E-state index is 0.156. The van der Waals surface area contributed by atoms with Gasteiger partial charge in [0.25, 0.3) is 0 Å². The molecule has 1 heterocycles. The predicted molar refractivity (Wildman–Crippen MR) is 70.7 cm³/mol. The van der Waals surface area contributed by atoms with E-state index >= 15 is 0 Å². The summed E-state index contributed by atoms with van der Waals surface area (Å²) in [5.74, 6) is -0.154. The summed E-state index contributed by atoms with van der Waals surface area (Å²) in [4.78, 5) is 0. The Morgan fingerprint density at radius 3 is 2.68 bits per heavy atom. The Labute approximate surface area is 113 Å². The fourth-order valence-electron chi connectivity index (χ4n) is 2.14. The summed E-state index contributed by atoms with van der Waals surface area (Å²) in [6.07, 6.45) is 0.280. The molecule has 0 spiro atoms. The highest BCUT2D eigenvalue weighted by Crippen LogP contribution is 2.24. The van der Waals surface area contributed by atoms with Gasteiger partial charge in [-0.3, -0.25) is 0 Å². The number of ether oxygens (including phenoxy) is 1. The van der Waals surface area contributed by atoms with Crippen molar-refractivity contribution >= 4 is 10.0 Å². The van der Waals surface area contributed by atoms with Crippen molar-refractivity contribution in [1.29, 1.82) is 0 Å². The second kappa shape index (κ2) is 5.98. The van der Waals surface area contributed by atoms with Crippen LogP contribution in [0.2, 0.25) is 0 Å². The molecule has 0 radical (unpaired) electrons. The molecule has 0 bridgehead atoms. The molecule has 106 valence electrons. The van der Waals surface area contributed by atoms with Gasteiger partial charge in [0.05, 0.1) is 18.5 Å². The van der Waals surface area contributed by atoms with E-state index in [0.29, 0.717) is 26.1 Å². The van der Waals surface area contributed by atoms with Crippen molar-refractivity contribution in [3.05, 3.63) is 35.6 Å². The molecule has 0 N–H and O–H groups in total. The van der Waals surface area contributed by atoms with E-state index in [1.807, 2.05) is 6.92 Å². The Morgan fingerprint density at radius 2 is 2.05 bits per heavy atom. The van der Waals surface area contributed by atoms with Crippen molar-refractivity contribution in [1.82, 2.24) is 4.31 Å². The van der Waals surface area contributed by atoms with Crippen LogP contribution in [-0.2, 0) is 14.8 Å². The molecule has 19 heavy (non-hydrogen) atoms. The molecule has 1 fully saturated rings. The van der Waals surface area contributed by atoms with E-state index < -0.39 is 10.0 Å². The van der Waals surface area contributed by atoms with E-state index in [2.05, 4.69) is 0 Å². The van der Waals surface area contributed by atoms with Crippen LogP contribution in [0.15, 0.2) is 24.3 Å². The Balaban J connectivity index is 2.11. The fourth-order valence-corrected chi connectivity index (χ4v) is 3.63. The minimum atomic E-state index is -3.20. The van der Waals surface area contributed by atoms with Gasteiger partial charge < -0.3 is 4.74 Å². The van der Waals surface area contributed by atoms with E-state index in [1.54, 1.807) is 12.1 Å². The molecule has 4 nitrogen and oxygen atoms in total. The predicted octanol–water partition coefficient (Wildman–Crippen LogP) is 1.94. The molecule has 2 rings (SSSR count). The van der Waals surface area contributed by atoms with Crippen LogP contribution in [-0.4, -0.2) is 38.2 Å². The second-order valence-electron chi connectivity index (χ2n) is 4.59. The monoisotopic (exact) mass is 287 g/mol. The Morgan fingerprint density at radius 1 is 1.37 bits per heavy atom. The summed E-state index contributed by atoms with van der Waals surface area (Å²) in [6.45, 7) is 2.90. The first-order valence-corrected chi connectivity index (χ1v) is 7.98. The number of halogens is 1. The molecule has 0 aromatic heterocycles. The molecular weight excluding hydrogens is 269 g/mol. The van der Waals surface area contributed by atoms with Gasteiger partial charge in [-0.05, 0) is 24.1 Å². The number of hydrogen-bond acceptors (Lipinski definition) is 3. The summed E-state index contributed by atoms with van der Waals surface area (Å²) in [5.41, 5.74) is 0.804. The van der Waals surface area contributed by atoms with E-state index in [0.717, 1.165) is 5.56 Å². The van der Waals surface area contributed by atoms with Crippen LogP contribution in [0.4, 0.5) is 4.39 Å². The Bertz CT molecular complexity index is 515. The maximum Gasteiger partial charge on any atom is 0.214 e. The molecule has 1 aromatic carbocycles. The first-order chi connectivity index (χ1) is 9.03. The van der Waals surface area contributed by atoms with Gasteiger partial charge in [0.15, 0.2) is 0 Å². The molecule has 1 aliphatic heterocycles. The lowest BCUT2D eigenvalue weighted by atomic mass is 10.1. The molecule has 0 amide bonds. The van der Waals surface area contributed by atoms with Gasteiger partial charge in [-0.1, -0.05) is 19.1 Å². The van der Waals surface area contributed by atoms with Crippen LogP contribution in [0.5, 0.6) is 0 Å². The summed E-state index contributed by atoms with van der Waals surface area (Å²) >= 11 is 0. The average molecular weight is 287 g/mol. The van der Waals surface area contributed by atoms with Gasteiger partial charge >= 0.3 is 0 Å². The maximum absolute atomic E-state index is 12.9. The summed E-state index contributed by atoms with van der Waals surface area (Å²) in [6, 6.07) is 5.99. The zero-order valence-electron chi connectivity index (χ0n) is 10.9. The van der Waals surface area contributed by atoms with Gasteiger partial charge in [0.1, 0.15) is 5.82 Å². The number of nitrogens with zero attached hydrogens (tertiary/aromatic N) is 1. The minimum Gasteiger partial charge on any atom is -0.371 e. The first kappa shape index (κ1) is 14.4. The third-order valence-corrected chi connectivity index (χ3v) is 5.17. The zero-order valence-corrected chi connectivity index (χ0v) is 11.7. The van der Waals surface area contributed by atoms with Gasteiger partial charge in [0, 0.05) is 13.1 Å². The summed E-state index contributed by atoms with van der Waals surface area (Å²) in [5, 5.41) is 0. The third kappa shape index (κ3) is 3.52. The Hall–Kier alpha value is -0.980. The van der Waals surface area contributed by atoms with Crippen LogP contribution in [0, 0.1) is 5.82 Å². The topological polar surface area (TPSA) is 46.6 Å². The van der Waals surface area contributed by atoms with Gasteiger partial charge in [-0.25, -0.2) is 12.8 Å². The van der Waals surface area contributed by atoms with Gasteiger partial charge in [-0.2, -0.15) is 4.31 Å². The zero-order chi connectivity index (χ0) is 13.9. The van der Waals surface area contributed by atoms with Crippen molar-refractivity contribution in [3.8, 4) is 0 Å². The molecule has 0 saturated carbocycles. The van der Waals surface area contributed by atoms with Crippen LogP contribution < -0.4 is 0 Å². The standard InChI is InChI=1S/C13H18FNO3S/c1-2-9-19(16,17)15-7-8-18-13(10-15)11-3-5-12(14)6-4-11/h3-6,13H,2,7-10H2,1H3. The number of rotatable bonds is 4. The van der Waals surface area contributed by atoms with E-state index in [9.17, 15) is 12.8 Å². The lowest BCUT2D eigenvalue weighted by Crippen LogP contribution is -2.43. The van der Waals surface area contributed by atoms with Crippen molar-refractivity contribution in [2.24, 2.45) is 0 Å². The average Bonchev–Trinajstić information content (AvgIpc) is 2.40. The number of morpholine rings is 1. The second-order valence-corrected chi connectivity index (χ2v) is 6.67. The molecule has 1 saturated heterocycles.